The normalized spacial score (nSPS) is 9.79. The van der Waals surface area contributed by atoms with E-state index in [-0.39, 0.29) is 0 Å². The molecule has 0 saturated carbocycles. The molecule has 0 amide bonds. The molecule has 1 radical (unpaired) electrons. The van der Waals surface area contributed by atoms with Crippen LogP contribution in [0.2, 0.25) is 0 Å². The number of rotatable bonds is 2. The van der Waals surface area contributed by atoms with Crippen LogP contribution in [0.3, 0.4) is 0 Å². The van der Waals surface area contributed by atoms with E-state index in [4.69, 9.17) is 4.74 Å². The molecule has 1 nitrogen and oxygen atoms in total. The second kappa shape index (κ2) is 3.97. The summed E-state index contributed by atoms with van der Waals surface area (Å²) in [5.74, 6) is 0.770. The lowest BCUT2D eigenvalue weighted by molar-refractivity contribution is 0.414. The van der Waals surface area contributed by atoms with Crippen LogP contribution in [0.4, 0.5) is 0 Å². The van der Waals surface area contributed by atoms with Crippen molar-refractivity contribution in [1.82, 2.24) is 0 Å². The Balaban J connectivity index is 2.42. The van der Waals surface area contributed by atoms with Crippen molar-refractivity contribution in [1.29, 1.82) is 0 Å². The van der Waals surface area contributed by atoms with Crippen molar-refractivity contribution < 1.29 is 4.74 Å². The predicted molar refractivity (Wildman–Crippen MR) is 57.3 cm³/mol. The van der Waals surface area contributed by atoms with Crippen LogP contribution < -0.4 is 4.74 Å². The fourth-order valence-corrected chi connectivity index (χ4v) is 1.37. The second-order valence-corrected chi connectivity index (χ2v) is 3.01. The van der Waals surface area contributed by atoms with Crippen LogP contribution in [0.25, 0.3) is 11.1 Å². The summed E-state index contributed by atoms with van der Waals surface area (Å²) in [7, 11) is 1.65. The number of benzene rings is 2. The Morgan fingerprint density at radius 1 is 1.00 bits per heavy atom. The van der Waals surface area contributed by atoms with Gasteiger partial charge in [0.1, 0.15) is 5.75 Å². The predicted octanol–water partition coefficient (Wildman–Crippen LogP) is 3.16. The first-order chi connectivity index (χ1) is 6.90. The number of methoxy groups -OCH3 is 1. The van der Waals surface area contributed by atoms with Gasteiger partial charge in [0.15, 0.2) is 0 Å². The zero-order chi connectivity index (χ0) is 9.80. The highest BCUT2D eigenvalue weighted by Gasteiger charge is 1.97. The van der Waals surface area contributed by atoms with Crippen LogP contribution in [-0.2, 0) is 0 Å². The van der Waals surface area contributed by atoms with Crippen molar-refractivity contribution in [2.24, 2.45) is 0 Å². The fourth-order valence-electron chi connectivity index (χ4n) is 1.37. The van der Waals surface area contributed by atoms with Crippen molar-refractivity contribution in [2.45, 2.75) is 0 Å². The second-order valence-electron chi connectivity index (χ2n) is 3.01. The molecule has 0 fully saturated rings. The standard InChI is InChI=1S/C13H11O/c1-14-13-9-5-8-12(10-13)11-6-3-2-4-7-11/h2-8,10H,1H3. The molecule has 0 unspecified atom stereocenters. The zero-order valence-corrected chi connectivity index (χ0v) is 8.03. The molecule has 0 aliphatic rings. The molecule has 2 rings (SSSR count). The molecule has 0 aliphatic carbocycles. The molecule has 0 atom stereocenters. The topological polar surface area (TPSA) is 9.23 Å². The molecule has 2 aromatic rings. The molecule has 1 heteroatoms. The molecule has 0 spiro atoms. The number of hydrogen-bond acceptors (Lipinski definition) is 1. The van der Waals surface area contributed by atoms with Crippen LogP contribution in [0.1, 0.15) is 0 Å². The summed E-state index contributed by atoms with van der Waals surface area (Å²) in [6, 6.07) is 19.1. The van der Waals surface area contributed by atoms with Gasteiger partial charge in [-0.1, -0.05) is 36.4 Å². The van der Waals surface area contributed by atoms with Crippen LogP contribution in [0, 0.1) is 6.07 Å². The quantitative estimate of drug-likeness (QED) is 0.694. The minimum absolute atomic E-state index is 0.770. The molecule has 0 aliphatic heterocycles. The van der Waals surface area contributed by atoms with E-state index in [2.05, 4.69) is 18.2 Å². The Hall–Kier alpha value is -1.76. The van der Waals surface area contributed by atoms with Gasteiger partial charge in [0.25, 0.3) is 0 Å². The lowest BCUT2D eigenvalue weighted by Gasteiger charge is -2.03. The number of ether oxygens (including phenoxy) is 1. The monoisotopic (exact) mass is 183 g/mol. The maximum Gasteiger partial charge on any atom is 0.127 e. The average molecular weight is 183 g/mol. The molecule has 0 bridgehead atoms. The van der Waals surface area contributed by atoms with Gasteiger partial charge >= 0.3 is 0 Å². The highest BCUT2D eigenvalue weighted by atomic mass is 16.5. The Morgan fingerprint density at radius 3 is 2.50 bits per heavy atom. The van der Waals surface area contributed by atoms with Crippen LogP contribution >= 0.6 is 0 Å². The Kier molecular flexibility index (Phi) is 2.50. The zero-order valence-electron chi connectivity index (χ0n) is 8.03. The molecule has 0 N–H and O–H groups in total. The van der Waals surface area contributed by atoms with Crippen molar-refractivity contribution in [2.75, 3.05) is 7.11 Å². The third-order valence-corrected chi connectivity index (χ3v) is 2.10. The van der Waals surface area contributed by atoms with Gasteiger partial charge < -0.3 is 4.74 Å². The smallest absolute Gasteiger partial charge is 0.127 e. The Bertz CT molecular complexity index is 407. The Labute approximate surface area is 84.0 Å². The maximum atomic E-state index is 5.12. The summed E-state index contributed by atoms with van der Waals surface area (Å²) < 4.78 is 5.12. The summed E-state index contributed by atoms with van der Waals surface area (Å²) in [6.45, 7) is 0. The van der Waals surface area contributed by atoms with Gasteiger partial charge in [-0.3, -0.25) is 0 Å². The third-order valence-electron chi connectivity index (χ3n) is 2.10. The van der Waals surface area contributed by atoms with E-state index < -0.39 is 0 Å². The summed E-state index contributed by atoms with van der Waals surface area (Å²) in [5, 5.41) is 0. The largest absolute Gasteiger partial charge is 0.496 e. The summed E-state index contributed by atoms with van der Waals surface area (Å²) >= 11 is 0. The molecule has 14 heavy (non-hydrogen) atoms. The van der Waals surface area contributed by atoms with Gasteiger partial charge in [-0.25, -0.2) is 0 Å². The molecule has 0 saturated heterocycles. The van der Waals surface area contributed by atoms with Gasteiger partial charge in [0, 0.05) is 6.07 Å². The first-order valence-corrected chi connectivity index (χ1v) is 4.51. The molecular weight excluding hydrogens is 172 g/mol. The van der Waals surface area contributed by atoms with Crippen LogP contribution in [0.15, 0.2) is 48.5 Å². The van der Waals surface area contributed by atoms with E-state index in [1.807, 2.05) is 36.4 Å². The van der Waals surface area contributed by atoms with Crippen molar-refractivity contribution >= 4 is 0 Å². The third kappa shape index (κ3) is 1.77. The lowest BCUT2D eigenvalue weighted by atomic mass is 10.1. The van der Waals surface area contributed by atoms with Gasteiger partial charge in [-0.05, 0) is 23.3 Å². The SMILES string of the molecule is COc1[c]ccc(-c2ccccc2)c1. The van der Waals surface area contributed by atoms with E-state index in [1.54, 1.807) is 7.11 Å². The molecule has 0 heterocycles. The van der Waals surface area contributed by atoms with Gasteiger partial charge in [0.2, 0.25) is 0 Å². The van der Waals surface area contributed by atoms with Gasteiger partial charge in [-0.2, -0.15) is 0 Å². The molecule has 69 valence electrons. The van der Waals surface area contributed by atoms with E-state index in [0.717, 1.165) is 11.3 Å². The van der Waals surface area contributed by atoms with Crippen molar-refractivity contribution in [3.8, 4) is 16.9 Å². The van der Waals surface area contributed by atoms with E-state index in [0.29, 0.717) is 0 Å². The maximum absolute atomic E-state index is 5.12. The lowest BCUT2D eigenvalue weighted by Crippen LogP contribution is -1.83. The Morgan fingerprint density at radius 2 is 1.79 bits per heavy atom. The average Bonchev–Trinajstić information content (AvgIpc) is 2.30. The highest BCUT2D eigenvalue weighted by Crippen LogP contribution is 2.22. The van der Waals surface area contributed by atoms with Gasteiger partial charge in [0.05, 0.1) is 7.11 Å². The summed E-state index contributed by atoms with van der Waals surface area (Å²) in [5.41, 5.74) is 2.35. The highest BCUT2D eigenvalue weighted by molar-refractivity contribution is 5.64. The van der Waals surface area contributed by atoms with Crippen LogP contribution in [0.5, 0.6) is 5.75 Å². The molecular formula is C13H11O. The van der Waals surface area contributed by atoms with E-state index >= 15 is 0 Å². The minimum Gasteiger partial charge on any atom is -0.496 e. The van der Waals surface area contributed by atoms with E-state index in [1.165, 1.54) is 5.56 Å². The van der Waals surface area contributed by atoms with Crippen LogP contribution in [-0.4, -0.2) is 7.11 Å². The minimum atomic E-state index is 0.770. The van der Waals surface area contributed by atoms with Crippen molar-refractivity contribution in [3.05, 3.63) is 54.6 Å². The summed E-state index contributed by atoms with van der Waals surface area (Å²) in [6.07, 6.45) is 0. The fraction of sp³-hybridized carbons (Fsp3) is 0.0769. The molecule has 2 aromatic carbocycles. The van der Waals surface area contributed by atoms with Crippen molar-refractivity contribution in [3.63, 3.8) is 0 Å². The first kappa shape index (κ1) is 8.82. The number of hydrogen-bond donors (Lipinski definition) is 0. The first-order valence-electron chi connectivity index (χ1n) is 4.51. The van der Waals surface area contributed by atoms with E-state index in [9.17, 15) is 0 Å². The molecule has 0 aromatic heterocycles. The van der Waals surface area contributed by atoms with Gasteiger partial charge in [-0.15, -0.1) is 0 Å². The summed E-state index contributed by atoms with van der Waals surface area (Å²) in [4.78, 5) is 0.